The number of hydrogen-bond acceptors (Lipinski definition) is 3. The van der Waals surface area contributed by atoms with E-state index in [2.05, 4.69) is 19.2 Å². The van der Waals surface area contributed by atoms with Gasteiger partial charge in [0.25, 0.3) is 5.69 Å². The van der Waals surface area contributed by atoms with E-state index in [-0.39, 0.29) is 10.6 Å². The van der Waals surface area contributed by atoms with Gasteiger partial charge in [-0.1, -0.05) is 32.4 Å². The minimum atomic E-state index is -0.325. The number of para-hydroxylation sites is 1. The molecule has 0 radical (unpaired) electrons. The van der Waals surface area contributed by atoms with Crippen molar-refractivity contribution in [2.45, 2.75) is 46.1 Å². The largest absolute Gasteiger partial charge is 0.377 e. The van der Waals surface area contributed by atoms with Gasteiger partial charge < -0.3 is 5.32 Å². The highest BCUT2D eigenvalue weighted by Gasteiger charge is 2.17. The molecule has 1 aromatic carbocycles. The Morgan fingerprint density at radius 3 is 2.65 bits per heavy atom. The van der Waals surface area contributed by atoms with Gasteiger partial charge in [-0.2, -0.15) is 0 Å². The first-order valence-electron chi connectivity index (χ1n) is 6.10. The third kappa shape index (κ3) is 3.44. The van der Waals surface area contributed by atoms with Gasteiger partial charge in [0.05, 0.1) is 4.92 Å². The van der Waals surface area contributed by atoms with Crippen LogP contribution in [0.5, 0.6) is 0 Å². The molecule has 0 saturated heterocycles. The fraction of sp³-hybridized carbons (Fsp3) is 0.538. The Bertz CT molecular complexity index is 391. The maximum absolute atomic E-state index is 11.0. The van der Waals surface area contributed by atoms with Crippen LogP contribution in [0.15, 0.2) is 18.2 Å². The fourth-order valence-corrected chi connectivity index (χ4v) is 1.92. The standard InChI is InChI=1S/C13H20N2O2/c1-4-7-11(5-2)14-13-10(3)8-6-9-12(13)15(16)17/h6,8-9,11,14H,4-5,7H2,1-3H3. The van der Waals surface area contributed by atoms with Gasteiger partial charge in [-0.05, 0) is 25.3 Å². The predicted octanol–water partition coefficient (Wildman–Crippen LogP) is 3.89. The molecule has 17 heavy (non-hydrogen) atoms. The van der Waals surface area contributed by atoms with Crippen molar-refractivity contribution < 1.29 is 4.92 Å². The molecule has 4 heteroatoms. The van der Waals surface area contributed by atoms with E-state index >= 15 is 0 Å². The van der Waals surface area contributed by atoms with E-state index in [1.165, 1.54) is 0 Å². The second-order valence-electron chi connectivity index (χ2n) is 4.26. The first-order valence-corrected chi connectivity index (χ1v) is 6.10. The van der Waals surface area contributed by atoms with Gasteiger partial charge in [0.2, 0.25) is 0 Å². The van der Waals surface area contributed by atoms with Crippen LogP contribution >= 0.6 is 0 Å². The molecular weight excluding hydrogens is 216 g/mol. The van der Waals surface area contributed by atoms with Crippen LogP contribution in [-0.2, 0) is 0 Å². The fourth-order valence-electron chi connectivity index (χ4n) is 1.92. The second kappa shape index (κ2) is 6.23. The smallest absolute Gasteiger partial charge is 0.292 e. The van der Waals surface area contributed by atoms with Crippen LogP contribution in [-0.4, -0.2) is 11.0 Å². The SMILES string of the molecule is CCCC(CC)Nc1c(C)cccc1[N+](=O)[O-]. The molecule has 0 bridgehead atoms. The van der Waals surface area contributed by atoms with Crippen molar-refractivity contribution in [2.24, 2.45) is 0 Å². The Balaban J connectivity index is 2.99. The summed E-state index contributed by atoms with van der Waals surface area (Å²) in [4.78, 5) is 10.6. The number of aryl methyl sites for hydroxylation is 1. The molecule has 0 aliphatic heterocycles. The molecule has 0 aliphatic carbocycles. The maximum Gasteiger partial charge on any atom is 0.292 e. The van der Waals surface area contributed by atoms with Gasteiger partial charge in [0.15, 0.2) is 0 Å². The highest BCUT2D eigenvalue weighted by atomic mass is 16.6. The average molecular weight is 236 g/mol. The third-order valence-corrected chi connectivity index (χ3v) is 2.93. The van der Waals surface area contributed by atoms with Crippen molar-refractivity contribution in [3.05, 3.63) is 33.9 Å². The maximum atomic E-state index is 11.0. The molecule has 0 aliphatic rings. The highest BCUT2D eigenvalue weighted by molar-refractivity contribution is 5.66. The van der Waals surface area contributed by atoms with E-state index in [1.54, 1.807) is 12.1 Å². The Labute approximate surface area is 102 Å². The monoisotopic (exact) mass is 236 g/mol. The first-order chi connectivity index (χ1) is 8.10. The molecule has 0 fully saturated rings. The Morgan fingerprint density at radius 2 is 2.12 bits per heavy atom. The van der Waals surface area contributed by atoms with Crippen LogP contribution in [0.1, 0.15) is 38.7 Å². The van der Waals surface area contributed by atoms with E-state index in [4.69, 9.17) is 0 Å². The lowest BCUT2D eigenvalue weighted by Gasteiger charge is -2.18. The number of nitro benzene ring substituents is 1. The van der Waals surface area contributed by atoms with Crippen molar-refractivity contribution in [1.82, 2.24) is 0 Å². The Kier molecular flexibility index (Phi) is 4.94. The molecular formula is C13H20N2O2. The zero-order valence-electron chi connectivity index (χ0n) is 10.7. The summed E-state index contributed by atoms with van der Waals surface area (Å²) in [7, 11) is 0. The number of hydrogen-bond donors (Lipinski definition) is 1. The molecule has 1 aromatic rings. The molecule has 0 heterocycles. The molecule has 0 amide bonds. The van der Waals surface area contributed by atoms with Crippen molar-refractivity contribution in [2.75, 3.05) is 5.32 Å². The minimum Gasteiger partial charge on any atom is -0.377 e. The summed E-state index contributed by atoms with van der Waals surface area (Å²) in [5, 5.41) is 14.3. The Morgan fingerprint density at radius 1 is 1.41 bits per heavy atom. The predicted molar refractivity (Wildman–Crippen MR) is 70.4 cm³/mol. The lowest BCUT2D eigenvalue weighted by molar-refractivity contribution is -0.384. The number of benzene rings is 1. The molecule has 1 atom stereocenters. The molecule has 1 N–H and O–H groups in total. The summed E-state index contributed by atoms with van der Waals surface area (Å²) in [5.41, 5.74) is 1.76. The zero-order chi connectivity index (χ0) is 12.8. The van der Waals surface area contributed by atoms with Crippen molar-refractivity contribution in [3.63, 3.8) is 0 Å². The van der Waals surface area contributed by atoms with Gasteiger partial charge in [-0.3, -0.25) is 10.1 Å². The summed E-state index contributed by atoms with van der Waals surface area (Å²) in [6.07, 6.45) is 3.08. The molecule has 0 spiro atoms. The first kappa shape index (κ1) is 13.5. The molecule has 0 saturated carbocycles. The summed E-state index contributed by atoms with van der Waals surface area (Å²) < 4.78 is 0. The van der Waals surface area contributed by atoms with Crippen LogP contribution in [0.2, 0.25) is 0 Å². The summed E-state index contributed by atoms with van der Waals surface area (Å²) in [5.74, 6) is 0. The summed E-state index contributed by atoms with van der Waals surface area (Å²) >= 11 is 0. The number of rotatable bonds is 6. The minimum absolute atomic E-state index is 0.166. The number of nitrogens with one attached hydrogen (secondary N) is 1. The second-order valence-corrected chi connectivity index (χ2v) is 4.26. The van der Waals surface area contributed by atoms with E-state index in [1.807, 2.05) is 13.0 Å². The third-order valence-electron chi connectivity index (χ3n) is 2.93. The average Bonchev–Trinajstić information content (AvgIpc) is 2.30. The van der Waals surface area contributed by atoms with Crippen LogP contribution in [0.25, 0.3) is 0 Å². The van der Waals surface area contributed by atoms with E-state index < -0.39 is 0 Å². The summed E-state index contributed by atoms with van der Waals surface area (Å²) in [6.45, 7) is 6.11. The van der Waals surface area contributed by atoms with E-state index in [0.717, 1.165) is 24.8 Å². The van der Waals surface area contributed by atoms with Gasteiger partial charge in [-0.15, -0.1) is 0 Å². The van der Waals surface area contributed by atoms with Gasteiger partial charge in [-0.25, -0.2) is 0 Å². The highest BCUT2D eigenvalue weighted by Crippen LogP contribution is 2.29. The lowest BCUT2D eigenvalue weighted by Crippen LogP contribution is -2.19. The topological polar surface area (TPSA) is 55.2 Å². The van der Waals surface area contributed by atoms with E-state index in [0.29, 0.717) is 11.7 Å². The van der Waals surface area contributed by atoms with Crippen LogP contribution < -0.4 is 5.32 Å². The molecule has 4 nitrogen and oxygen atoms in total. The van der Waals surface area contributed by atoms with Crippen LogP contribution in [0.3, 0.4) is 0 Å². The van der Waals surface area contributed by atoms with Crippen LogP contribution in [0, 0.1) is 17.0 Å². The van der Waals surface area contributed by atoms with Crippen molar-refractivity contribution >= 4 is 11.4 Å². The van der Waals surface area contributed by atoms with Crippen molar-refractivity contribution in [1.29, 1.82) is 0 Å². The number of nitrogens with zero attached hydrogens (tertiary/aromatic N) is 1. The molecule has 0 aromatic heterocycles. The van der Waals surface area contributed by atoms with Gasteiger partial charge in [0, 0.05) is 12.1 Å². The zero-order valence-corrected chi connectivity index (χ0v) is 10.7. The number of nitro groups is 1. The van der Waals surface area contributed by atoms with E-state index in [9.17, 15) is 10.1 Å². The molecule has 1 rings (SSSR count). The van der Waals surface area contributed by atoms with Gasteiger partial charge >= 0.3 is 0 Å². The number of anilines is 1. The van der Waals surface area contributed by atoms with Gasteiger partial charge in [0.1, 0.15) is 5.69 Å². The molecule has 94 valence electrons. The van der Waals surface area contributed by atoms with Crippen LogP contribution in [0.4, 0.5) is 11.4 Å². The lowest BCUT2D eigenvalue weighted by atomic mass is 10.1. The summed E-state index contributed by atoms with van der Waals surface area (Å²) in [6, 6.07) is 5.47. The normalized spacial score (nSPS) is 12.2. The quantitative estimate of drug-likeness (QED) is 0.602. The Hall–Kier alpha value is -1.58. The molecule has 1 unspecified atom stereocenters. The van der Waals surface area contributed by atoms with Crippen molar-refractivity contribution in [3.8, 4) is 0 Å².